The lowest BCUT2D eigenvalue weighted by atomic mass is 10.2. The molecule has 1 rings (SSSR count). The minimum atomic E-state index is 0.135. The average molecular weight is 220 g/mol. The minimum Gasteiger partial charge on any atom is -0.0833 e. The Kier molecular flexibility index (Phi) is 6.36. The van der Waals surface area contributed by atoms with Crippen molar-refractivity contribution < 1.29 is 0 Å². The van der Waals surface area contributed by atoms with Gasteiger partial charge in [0.25, 0.3) is 0 Å². The Morgan fingerprint density at radius 3 is 2.13 bits per heavy atom. The molecule has 0 spiro atoms. The van der Waals surface area contributed by atoms with E-state index in [1.54, 1.807) is 0 Å². The molecule has 0 N–H and O–H groups in total. The third-order valence-corrected chi connectivity index (χ3v) is 4.91. The van der Waals surface area contributed by atoms with E-state index in [1.165, 1.54) is 30.7 Å². The van der Waals surface area contributed by atoms with Crippen LogP contribution in [0.4, 0.5) is 0 Å². The van der Waals surface area contributed by atoms with Crippen molar-refractivity contribution in [2.24, 2.45) is 0 Å². The van der Waals surface area contributed by atoms with Crippen LogP contribution >= 0.6 is 7.92 Å². The van der Waals surface area contributed by atoms with Crippen LogP contribution in [0.25, 0.3) is 6.08 Å². The van der Waals surface area contributed by atoms with Gasteiger partial charge in [0.05, 0.1) is 0 Å². The summed E-state index contributed by atoms with van der Waals surface area (Å²) in [6, 6.07) is 10.6. The molecule has 0 saturated heterocycles. The second kappa shape index (κ2) is 7.65. The van der Waals surface area contributed by atoms with Crippen LogP contribution < -0.4 is 0 Å². The lowest BCUT2D eigenvalue weighted by molar-refractivity contribution is 1.06. The number of rotatable bonds is 6. The van der Waals surface area contributed by atoms with Crippen molar-refractivity contribution >= 4 is 14.0 Å². The molecule has 0 heterocycles. The molecule has 1 heteroatoms. The lowest BCUT2D eigenvalue weighted by Gasteiger charge is -2.10. The van der Waals surface area contributed by atoms with Crippen molar-refractivity contribution in [2.75, 3.05) is 12.3 Å². The molecule has 0 unspecified atom stereocenters. The Labute approximate surface area is 95.2 Å². The molecule has 0 radical (unpaired) electrons. The van der Waals surface area contributed by atoms with Gasteiger partial charge >= 0.3 is 0 Å². The first-order valence-corrected chi connectivity index (χ1v) is 7.62. The molecule has 1 aromatic rings. The maximum atomic E-state index is 2.44. The minimum absolute atomic E-state index is 0.135. The van der Waals surface area contributed by atoms with Crippen LogP contribution in [-0.4, -0.2) is 12.3 Å². The second-order valence-corrected chi connectivity index (χ2v) is 6.13. The van der Waals surface area contributed by atoms with Crippen molar-refractivity contribution in [1.82, 2.24) is 0 Å². The highest BCUT2D eigenvalue weighted by Gasteiger charge is 2.00. The predicted molar refractivity (Wildman–Crippen MR) is 72.7 cm³/mol. The van der Waals surface area contributed by atoms with Crippen LogP contribution in [-0.2, 0) is 0 Å². The third kappa shape index (κ3) is 5.14. The molecule has 1 aromatic carbocycles. The van der Waals surface area contributed by atoms with Crippen molar-refractivity contribution in [3.8, 4) is 0 Å². The van der Waals surface area contributed by atoms with Gasteiger partial charge in [-0.2, -0.15) is 0 Å². The van der Waals surface area contributed by atoms with E-state index < -0.39 is 0 Å². The molecule has 0 bridgehead atoms. The summed E-state index contributed by atoms with van der Waals surface area (Å²) in [6.45, 7) is 4.56. The van der Waals surface area contributed by atoms with Gasteiger partial charge in [0.1, 0.15) is 0 Å². The summed E-state index contributed by atoms with van der Waals surface area (Å²) in [5, 5.41) is 0. The van der Waals surface area contributed by atoms with Crippen molar-refractivity contribution in [3.05, 3.63) is 41.7 Å². The first-order valence-electron chi connectivity index (χ1n) is 5.84. The zero-order chi connectivity index (χ0) is 10.9. The van der Waals surface area contributed by atoms with Gasteiger partial charge in [0, 0.05) is 0 Å². The van der Waals surface area contributed by atoms with Crippen LogP contribution in [0.3, 0.4) is 0 Å². The molecule has 0 saturated carbocycles. The Balaban J connectivity index is 2.53. The molecule has 0 aromatic heterocycles. The number of hydrogen-bond acceptors (Lipinski definition) is 0. The van der Waals surface area contributed by atoms with Gasteiger partial charge in [-0.25, -0.2) is 0 Å². The maximum Gasteiger partial charge on any atom is -0.0256 e. The Morgan fingerprint density at radius 2 is 1.60 bits per heavy atom. The summed E-state index contributed by atoms with van der Waals surface area (Å²) >= 11 is 0. The Hall–Kier alpha value is -0.610. The van der Waals surface area contributed by atoms with E-state index in [-0.39, 0.29) is 7.92 Å². The largest absolute Gasteiger partial charge is 0.0833 e. The fraction of sp³-hybridized carbons (Fsp3) is 0.429. The second-order valence-electron chi connectivity index (χ2n) is 3.76. The Bertz CT molecular complexity index is 271. The summed E-state index contributed by atoms with van der Waals surface area (Å²) < 4.78 is 0. The Morgan fingerprint density at radius 1 is 1.00 bits per heavy atom. The van der Waals surface area contributed by atoms with Gasteiger partial charge in [0.15, 0.2) is 0 Å². The topological polar surface area (TPSA) is 0 Å². The molecule has 0 aliphatic heterocycles. The van der Waals surface area contributed by atoms with Crippen LogP contribution in [0.5, 0.6) is 0 Å². The number of hydrogen-bond donors (Lipinski definition) is 0. The molecule has 0 aliphatic carbocycles. The van der Waals surface area contributed by atoms with E-state index in [0.29, 0.717) is 0 Å². The van der Waals surface area contributed by atoms with Gasteiger partial charge in [0.2, 0.25) is 0 Å². The smallest absolute Gasteiger partial charge is 0.0256 e. The van der Waals surface area contributed by atoms with E-state index in [2.05, 4.69) is 56.1 Å². The lowest BCUT2D eigenvalue weighted by Crippen LogP contribution is -1.84. The summed E-state index contributed by atoms with van der Waals surface area (Å²) in [7, 11) is 0.135. The summed E-state index contributed by atoms with van der Waals surface area (Å²) in [5.74, 6) is 2.44. The van der Waals surface area contributed by atoms with Crippen LogP contribution in [0.2, 0.25) is 0 Å². The highest BCUT2D eigenvalue weighted by molar-refractivity contribution is 7.61. The quantitative estimate of drug-likeness (QED) is 0.594. The van der Waals surface area contributed by atoms with Crippen molar-refractivity contribution in [1.29, 1.82) is 0 Å². The molecule has 0 amide bonds. The fourth-order valence-electron chi connectivity index (χ4n) is 1.59. The summed E-state index contributed by atoms with van der Waals surface area (Å²) in [6.07, 6.45) is 7.67. The summed E-state index contributed by atoms with van der Waals surface area (Å²) in [5.41, 5.74) is 1.33. The first-order chi connectivity index (χ1) is 7.36. The van der Waals surface area contributed by atoms with E-state index >= 15 is 0 Å². The van der Waals surface area contributed by atoms with E-state index in [9.17, 15) is 0 Å². The summed E-state index contributed by atoms with van der Waals surface area (Å²) in [4.78, 5) is 0. The zero-order valence-electron chi connectivity index (χ0n) is 9.82. The average Bonchev–Trinajstić information content (AvgIpc) is 2.28. The molecular formula is C14H21P. The van der Waals surface area contributed by atoms with Gasteiger partial charge in [-0.3, -0.25) is 0 Å². The van der Waals surface area contributed by atoms with E-state index in [0.717, 1.165) is 0 Å². The van der Waals surface area contributed by atoms with Crippen LogP contribution in [0.15, 0.2) is 36.1 Å². The standard InChI is InChI=1S/C14H21P/c1-3-11-15(12-4-2)13-10-14-8-6-5-7-9-14/h5-10,13H,3-4,11-12H2,1-2H3. The SMILES string of the molecule is CCCP(C=Cc1ccccc1)CCC. The molecule has 15 heavy (non-hydrogen) atoms. The van der Waals surface area contributed by atoms with E-state index in [4.69, 9.17) is 0 Å². The van der Waals surface area contributed by atoms with Gasteiger partial charge in [-0.1, -0.05) is 76.8 Å². The highest BCUT2D eigenvalue weighted by Crippen LogP contribution is 2.39. The third-order valence-electron chi connectivity index (χ3n) is 2.30. The molecular weight excluding hydrogens is 199 g/mol. The normalized spacial score (nSPS) is 11.4. The maximum absolute atomic E-state index is 2.44. The van der Waals surface area contributed by atoms with Gasteiger partial charge in [-0.05, 0) is 17.9 Å². The molecule has 82 valence electrons. The molecule has 0 atom stereocenters. The zero-order valence-corrected chi connectivity index (χ0v) is 10.7. The first kappa shape index (κ1) is 12.5. The van der Waals surface area contributed by atoms with Gasteiger partial charge < -0.3 is 0 Å². The van der Waals surface area contributed by atoms with Crippen molar-refractivity contribution in [2.45, 2.75) is 26.7 Å². The molecule has 0 aliphatic rings. The van der Waals surface area contributed by atoms with E-state index in [1.807, 2.05) is 0 Å². The van der Waals surface area contributed by atoms with Crippen molar-refractivity contribution in [3.63, 3.8) is 0 Å². The van der Waals surface area contributed by atoms with Crippen LogP contribution in [0.1, 0.15) is 32.3 Å². The number of benzene rings is 1. The fourth-order valence-corrected chi connectivity index (χ4v) is 3.64. The highest BCUT2D eigenvalue weighted by atomic mass is 31.1. The monoisotopic (exact) mass is 220 g/mol. The van der Waals surface area contributed by atoms with Crippen LogP contribution in [0, 0.1) is 0 Å². The predicted octanol–water partition coefficient (Wildman–Crippen LogP) is 4.96. The van der Waals surface area contributed by atoms with Gasteiger partial charge in [-0.15, -0.1) is 0 Å². The molecule has 0 fully saturated rings. The molecule has 0 nitrogen and oxygen atoms in total.